The fourth-order valence-corrected chi connectivity index (χ4v) is 2.68. The van der Waals surface area contributed by atoms with Crippen molar-refractivity contribution in [1.82, 2.24) is 0 Å². The van der Waals surface area contributed by atoms with Gasteiger partial charge in [0, 0.05) is 16.5 Å². The molecule has 23 heavy (non-hydrogen) atoms. The van der Waals surface area contributed by atoms with Crippen molar-refractivity contribution in [2.45, 2.75) is 12.3 Å². The third-order valence-electron chi connectivity index (χ3n) is 3.62. The van der Waals surface area contributed by atoms with E-state index in [0.29, 0.717) is 16.1 Å². The molecule has 2 aromatic carbocycles. The molecular formula is C17H16ClNO4. The van der Waals surface area contributed by atoms with E-state index in [9.17, 15) is 14.7 Å². The first-order valence-electron chi connectivity index (χ1n) is 6.98. The molecule has 0 aliphatic heterocycles. The number of carboxylic acid groups (broad SMARTS) is 2. The van der Waals surface area contributed by atoms with Crippen molar-refractivity contribution in [2.75, 3.05) is 6.54 Å². The molecule has 6 heteroatoms. The van der Waals surface area contributed by atoms with Gasteiger partial charge in [0.1, 0.15) is 0 Å². The quantitative estimate of drug-likeness (QED) is 0.753. The lowest BCUT2D eigenvalue weighted by molar-refractivity contribution is -0.137. The minimum Gasteiger partial charge on any atom is -0.481 e. The highest BCUT2D eigenvalue weighted by molar-refractivity contribution is 6.33. The van der Waals surface area contributed by atoms with E-state index in [2.05, 4.69) is 0 Å². The number of aromatic carboxylic acids is 1. The fraction of sp³-hybridized carbons (Fsp3) is 0.176. The van der Waals surface area contributed by atoms with Crippen LogP contribution >= 0.6 is 11.6 Å². The van der Waals surface area contributed by atoms with E-state index in [1.807, 2.05) is 0 Å². The highest BCUT2D eigenvalue weighted by atomic mass is 35.5. The summed E-state index contributed by atoms with van der Waals surface area (Å²) in [5.74, 6) is -2.36. The van der Waals surface area contributed by atoms with E-state index in [-0.39, 0.29) is 24.4 Å². The molecule has 1 unspecified atom stereocenters. The molecule has 0 heterocycles. The number of hydrogen-bond donors (Lipinski definition) is 3. The number of carbonyl (C=O) groups is 2. The van der Waals surface area contributed by atoms with Crippen molar-refractivity contribution >= 4 is 23.5 Å². The number of hydrogen-bond acceptors (Lipinski definition) is 3. The first kappa shape index (κ1) is 17.0. The van der Waals surface area contributed by atoms with Crippen molar-refractivity contribution in [2.24, 2.45) is 5.73 Å². The molecule has 0 amide bonds. The fourth-order valence-electron chi connectivity index (χ4n) is 2.46. The first-order valence-corrected chi connectivity index (χ1v) is 7.35. The van der Waals surface area contributed by atoms with Crippen LogP contribution in [0.15, 0.2) is 42.5 Å². The van der Waals surface area contributed by atoms with Crippen LogP contribution in [0, 0.1) is 0 Å². The smallest absolute Gasteiger partial charge is 0.336 e. The van der Waals surface area contributed by atoms with Crippen LogP contribution in [-0.4, -0.2) is 28.7 Å². The summed E-state index contributed by atoms with van der Waals surface area (Å²) in [6, 6.07) is 11.6. The summed E-state index contributed by atoms with van der Waals surface area (Å²) in [6.45, 7) is 0.175. The van der Waals surface area contributed by atoms with Crippen molar-refractivity contribution in [3.63, 3.8) is 0 Å². The van der Waals surface area contributed by atoms with Crippen molar-refractivity contribution in [3.8, 4) is 11.1 Å². The Morgan fingerprint density at radius 2 is 1.78 bits per heavy atom. The molecule has 0 aliphatic carbocycles. The number of nitrogens with two attached hydrogens (primary N) is 1. The lowest BCUT2D eigenvalue weighted by Gasteiger charge is -2.16. The Balaban J connectivity index is 2.54. The molecule has 4 N–H and O–H groups in total. The molecule has 0 saturated carbocycles. The van der Waals surface area contributed by atoms with Crippen LogP contribution in [0.5, 0.6) is 0 Å². The zero-order chi connectivity index (χ0) is 17.0. The van der Waals surface area contributed by atoms with E-state index < -0.39 is 11.9 Å². The lowest BCUT2D eigenvalue weighted by Crippen LogP contribution is -2.16. The van der Waals surface area contributed by atoms with E-state index >= 15 is 0 Å². The maximum Gasteiger partial charge on any atom is 0.336 e. The van der Waals surface area contributed by atoms with Crippen LogP contribution in [-0.2, 0) is 4.79 Å². The van der Waals surface area contributed by atoms with Crippen LogP contribution < -0.4 is 5.73 Å². The zero-order valence-electron chi connectivity index (χ0n) is 12.2. The van der Waals surface area contributed by atoms with Gasteiger partial charge in [-0.05, 0) is 35.9 Å². The van der Waals surface area contributed by atoms with Gasteiger partial charge in [0.25, 0.3) is 0 Å². The average molecular weight is 334 g/mol. The van der Waals surface area contributed by atoms with Gasteiger partial charge in [-0.3, -0.25) is 4.79 Å². The number of carboxylic acids is 2. The predicted molar refractivity (Wildman–Crippen MR) is 87.9 cm³/mol. The molecule has 0 aromatic heterocycles. The van der Waals surface area contributed by atoms with Gasteiger partial charge in [0.2, 0.25) is 0 Å². The summed E-state index contributed by atoms with van der Waals surface area (Å²) in [7, 11) is 0. The van der Waals surface area contributed by atoms with E-state index in [0.717, 1.165) is 5.56 Å². The lowest BCUT2D eigenvalue weighted by atomic mass is 9.91. The molecule has 2 aromatic rings. The normalized spacial score (nSPS) is 11.9. The number of benzene rings is 2. The zero-order valence-corrected chi connectivity index (χ0v) is 13.0. The molecule has 0 radical (unpaired) electrons. The third-order valence-corrected chi connectivity index (χ3v) is 3.94. The van der Waals surface area contributed by atoms with Crippen LogP contribution in [0.25, 0.3) is 11.1 Å². The van der Waals surface area contributed by atoms with Crippen molar-refractivity contribution < 1.29 is 19.8 Å². The molecule has 0 spiro atoms. The molecule has 2 rings (SSSR count). The summed E-state index contributed by atoms with van der Waals surface area (Å²) in [5, 5.41) is 18.7. The van der Waals surface area contributed by atoms with Crippen LogP contribution in [0.3, 0.4) is 0 Å². The van der Waals surface area contributed by atoms with Gasteiger partial charge in [-0.15, -0.1) is 0 Å². The molecule has 0 aliphatic rings. The average Bonchev–Trinajstić information content (AvgIpc) is 2.53. The van der Waals surface area contributed by atoms with E-state index in [1.54, 1.807) is 36.4 Å². The summed E-state index contributed by atoms with van der Waals surface area (Å²) in [4.78, 5) is 22.3. The Bertz CT molecular complexity index is 745. The number of aliphatic carboxylic acids is 1. The van der Waals surface area contributed by atoms with E-state index in [1.165, 1.54) is 6.07 Å². The van der Waals surface area contributed by atoms with Gasteiger partial charge in [0.15, 0.2) is 0 Å². The monoisotopic (exact) mass is 333 g/mol. The predicted octanol–water partition coefficient (Wildman–Crippen LogP) is 3.22. The highest BCUT2D eigenvalue weighted by Crippen LogP contribution is 2.33. The Kier molecular flexibility index (Phi) is 5.36. The van der Waals surface area contributed by atoms with Crippen LogP contribution in [0.4, 0.5) is 0 Å². The molecular weight excluding hydrogens is 318 g/mol. The highest BCUT2D eigenvalue weighted by Gasteiger charge is 2.18. The van der Waals surface area contributed by atoms with Gasteiger partial charge in [-0.2, -0.15) is 0 Å². The Labute approximate surface area is 138 Å². The molecule has 0 fully saturated rings. The molecule has 0 saturated heterocycles. The Morgan fingerprint density at radius 1 is 1.09 bits per heavy atom. The van der Waals surface area contributed by atoms with Gasteiger partial charge in [-0.25, -0.2) is 4.79 Å². The summed E-state index contributed by atoms with van der Waals surface area (Å²) >= 11 is 6.22. The van der Waals surface area contributed by atoms with Crippen LogP contribution in [0.2, 0.25) is 5.02 Å². The second-order valence-corrected chi connectivity index (χ2v) is 5.53. The van der Waals surface area contributed by atoms with Crippen molar-refractivity contribution in [1.29, 1.82) is 0 Å². The second-order valence-electron chi connectivity index (χ2n) is 5.12. The maximum absolute atomic E-state index is 11.4. The summed E-state index contributed by atoms with van der Waals surface area (Å²) in [5.41, 5.74) is 7.55. The topological polar surface area (TPSA) is 101 Å². The minimum absolute atomic E-state index is 0.0991. The van der Waals surface area contributed by atoms with Gasteiger partial charge < -0.3 is 15.9 Å². The van der Waals surface area contributed by atoms with Crippen LogP contribution in [0.1, 0.15) is 28.3 Å². The van der Waals surface area contributed by atoms with Gasteiger partial charge in [0.05, 0.1) is 12.0 Å². The number of halogens is 1. The van der Waals surface area contributed by atoms with Crippen molar-refractivity contribution in [3.05, 3.63) is 58.6 Å². The molecule has 0 bridgehead atoms. The summed E-state index contributed by atoms with van der Waals surface area (Å²) < 4.78 is 0. The van der Waals surface area contributed by atoms with Gasteiger partial charge >= 0.3 is 11.9 Å². The first-order chi connectivity index (χ1) is 10.9. The van der Waals surface area contributed by atoms with E-state index in [4.69, 9.17) is 22.4 Å². The Hall–Kier alpha value is -2.37. The maximum atomic E-state index is 11.4. The minimum atomic E-state index is -1.05. The number of rotatable bonds is 6. The molecule has 5 nitrogen and oxygen atoms in total. The second kappa shape index (κ2) is 7.26. The summed E-state index contributed by atoms with van der Waals surface area (Å²) in [6.07, 6.45) is -0.0991. The Morgan fingerprint density at radius 3 is 2.39 bits per heavy atom. The standard InChI is InChI=1S/C17H16ClNO4/c18-15-6-5-10(11(9-19)8-16(20)21)7-14(15)12-3-1-2-4-13(12)17(22)23/h1-7,11H,8-9,19H2,(H,20,21)(H,22,23). The van der Waals surface area contributed by atoms with Gasteiger partial charge in [-0.1, -0.05) is 35.9 Å². The third kappa shape index (κ3) is 3.88. The molecule has 120 valence electrons. The largest absolute Gasteiger partial charge is 0.481 e. The molecule has 1 atom stereocenters. The SMILES string of the molecule is NCC(CC(=O)O)c1ccc(Cl)c(-c2ccccc2C(=O)O)c1.